The van der Waals surface area contributed by atoms with E-state index >= 15 is 0 Å². The Morgan fingerprint density at radius 1 is 1.38 bits per heavy atom. The fourth-order valence-corrected chi connectivity index (χ4v) is 2.19. The molecule has 5 heteroatoms. The summed E-state index contributed by atoms with van der Waals surface area (Å²) in [6.45, 7) is 1.81. The number of fused-ring (bicyclic) bond motifs is 1. The Kier molecular flexibility index (Phi) is 4.77. The second kappa shape index (κ2) is 6.74. The van der Waals surface area contributed by atoms with Gasteiger partial charge < -0.3 is 15.4 Å². The molecule has 0 aliphatic rings. The van der Waals surface area contributed by atoms with Gasteiger partial charge in [0.05, 0.1) is 6.42 Å². The topological polar surface area (TPSA) is 82.2 Å². The second-order valence-electron chi connectivity index (χ2n) is 4.80. The van der Waals surface area contributed by atoms with Gasteiger partial charge in [-0.05, 0) is 25.0 Å². The van der Waals surface area contributed by atoms with Gasteiger partial charge in [-0.25, -0.2) is 4.79 Å². The summed E-state index contributed by atoms with van der Waals surface area (Å²) in [5.41, 5.74) is 1.82. The number of hydrogen-bond donors (Lipinski definition) is 3. The van der Waals surface area contributed by atoms with Gasteiger partial charge in [0.15, 0.2) is 0 Å². The van der Waals surface area contributed by atoms with Crippen LogP contribution in [0.4, 0.5) is 0 Å². The van der Waals surface area contributed by atoms with E-state index in [1.165, 1.54) is 0 Å². The molecule has 1 aromatic heterocycles. The number of para-hydroxylation sites is 1. The van der Waals surface area contributed by atoms with Gasteiger partial charge in [0, 0.05) is 17.1 Å². The van der Waals surface area contributed by atoms with Crippen LogP contribution in [0, 0.1) is 0 Å². The number of carbonyl (C=O) groups excluding carboxylic acids is 1. The maximum Gasteiger partial charge on any atom is 0.326 e. The molecule has 0 bridgehead atoms. The molecular weight excluding hydrogens is 268 g/mol. The maximum atomic E-state index is 12.0. The number of H-pyrrole nitrogens is 1. The monoisotopic (exact) mass is 286 g/mol. The van der Waals surface area contributed by atoms with Crippen LogP contribution in [0.3, 0.4) is 0 Å². The molecule has 1 heterocycles. The summed E-state index contributed by atoms with van der Waals surface area (Å²) in [6, 6.07) is 6.80. The number of aliphatic carboxylic acids is 1. The third-order valence-electron chi connectivity index (χ3n) is 3.27. The fraction of sp³-hybridized carbons (Fsp3) is 0.250. The summed E-state index contributed by atoms with van der Waals surface area (Å²) in [4.78, 5) is 26.2. The van der Waals surface area contributed by atoms with Gasteiger partial charge in [0.25, 0.3) is 0 Å². The van der Waals surface area contributed by atoms with Crippen molar-refractivity contribution in [3.05, 3.63) is 48.2 Å². The Balaban J connectivity index is 2.05. The first kappa shape index (κ1) is 14.8. The molecule has 21 heavy (non-hydrogen) atoms. The highest BCUT2D eigenvalue weighted by atomic mass is 16.4. The minimum absolute atomic E-state index is 0.156. The van der Waals surface area contributed by atoms with Gasteiger partial charge in [-0.15, -0.1) is 0 Å². The average molecular weight is 286 g/mol. The van der Waals surface area contributed by atoms with E-state index in [2.05, 4.69) is 10.3 Å². The highest BCUT2D eigenvalue weighted by molar-refractivity contribution is 5.90. The second-order valence-corrected chi connectivity index (χ2v) is 4.80. The van der Waals surface area contributed by atoms with E-state index in [-0.39, 0.29) is 18.7 Å². The lowest BCUT2D eigenvalue weighted by atomic mass is 10.1. The zero-order valence-electron chi connectivity index (χ0n) is 11.8. The highest BCUT2D eigenvalue weighted by Crippen LogP contribution is 2.18. The lowest BCUT2D eigenvalue weighted by Gasteiger charge is -2.12. The van der Waals surface area contributed by atoms with Crippen LogP contribution in [0.25, 0.3) is 10.9 Å². The molecule has 2 rings (SSSR count). The normalized spacial score (nSPS) is 12.6. The van der Waals surface area contributed by atoms with Crippen molar-refractivity contribution in [2.75, 3.05) is 0 Å². The third-order valence-corrected chi connectivity index (χ3v) is 3.27. The minimum Gasteiger partial charge on any atom is -0.480 e. The number of hydrogen-bond acceptors (Lipinski definition) is 2. The summed E-state index contributed by atoms with van der Waals surface area (Å²) in [7, 11) is 0. The molecule has 110 valence electrons. The van der Waals surface area contributed by atoms with E-state index in [0.29, 0.717) is 0 Å². The van der Waals surface area contributed by atoms with E-state index in [4.69, 9.17) is 5.11 Å². The van der Waals surface area contributed by atoms with Crippen LogP contribution in [0.2, 0.25) is 0 Å². The van der Waals surface area contributed by atoms with Gasteiger partial charge in [0.1, 0.15) is 6.04 Å². The number of amides is 1. The van der Waals surface area contributed by atoms with Crippen molar-refractivity contribution < 1.29 is 14.7 Å². The Morgan fingerprint density at radius 3 is 2.86 bits per heavy atom. The number of aromatic nitrogens is 1. The zero-order chi connectivity index (χ0) is 15.2. The van der Waals surface area contributed by atoms with Crippen molar-refractivity contribution in [1.29, 1.82) is 0 Å². The Labute approximate surface area is 122 Å². The van der Waals surface area contributed by atoms with Crippen molar-refractivity contribution in [2.45, 2.75) is 25.8 Å². The van der Waals surface area contributed by atoms with Crippen molar-refractivity contribution in [2.24, 2.45) is 0 Å². The summed E-state index contributed by atoms with van der Waals surface area (Å²) in [6.07, 6.45) is 5.72. The average Bonchev–Trinajstić information content (AvgIpc) is 2.86. The first-order valence-corrected chi connectivity index (χ1v) is 6.80. The molecule has 1 amide bonds. The van der Waals surface area contributed by atoms with Gasteiger partial charge in [-0.2, -0.15) is 0 Å². The number of benzene rings is 1. The lowest BCUT2D eigenvalue weighted by molar-refractivity contribution is -0.141. The molecule has 0 saturated heterocycles. The number of aromatic amines is 1. The quantitative estimate of drug-likeness (QED) is 0.712. The molecule has 0 fully saturated rings. The van der Waals surface area contributed by atoms with Gasteiger partial charge in [0.2, 0.25) is 5.91 Å². The van der Waals surface area contributed by atoms with Crippen LogP contribution in [0.5, 0.6) is 0 Å². The smallest absolute Gasteiger partial charge is 0.326 e. The number of rotatable bonds is 6. The van der Waals surface area contributed by atoms with Gasteiger partial charge in [-0.3, -0.25) is 4.79 Å². The Morgan fingerprint density at radius 2 is 2.14 bits per heavy atom. The molecule has 3 N–H and O–H groups in total. The molecule has 0 saturated carbocycles. The molecule has 0 spiro atoms. The predicted octanol–water partition coefficient (Wildman–Crippen LogP) is 2.25. The molecular formula is C16H18N2O3. The van der Waals surface area contributed by atoms with Crippen LogP contribution < -0.4 is 5.32 Å². The van der Waals surface area contributed by atoms with Crippen molar-refractivity contribution >= 4 is 22.8 Å². The van der Waals surface area contributed by atoms with Crippen LogP contribution in [0.1, 0.15) is 18.9 Å². The fourth-order valence-electron chi connectivity index (χ4n) is 2.19. The molecule has 1 atom stereocenters. The lowest BCUT2D eigenvalue weighted by Crippen LogP contribution is -2.41. The Hall–Kier alpha value is -2.56. The van der Waals surface area contributed by atoms with Gasteiger partial charge in [-0.1, -0.05) is 30.4 Å². The predicted molar refractivity (Wildman–Crippen MR) is 81.0 cm³/mol. The highest BCUT2D eigenvalue weighted by Gasteiger charge is 2.19. The van der Waals surface area contributed by atoms with Crippen molar-refractivity contribution in [3.63, 3.8) is 0 Å². The summed E-state index contributed by atoms with van der Waals surface area (Å²) in [5.74, 6) is -1.32. The number of allylic oxidation sites excluding steroid dienone is 1. The molecule has 2 aromatic rings. The summed E-state index contributed by atoms with van der Waals surface area (Å²) >= 11 is 0. The van der Waals surface area contributed by atoms with Crippen LogP contribution in [0.15, 0.2) is 42.6 Å². The zero-order valence-corrected chi connectivity index (χ0v) is 11.8. The molecule has 1 unspecified atom stereocenters. The van der Waals surface area contributed by atoms with E-state index in [9.17, 15) is 9.59 Å². The largest absolute Gasteiger partial charge is 0.480 e. The van der Waals surface area contributed by atoms with Crippen molar-refractivity contribution in [3.8, 4) is 0 Å². The third kappa shape index (κ3) is 3.72. The van der Waals surface area contributed by atoms with Crippen LogP contribution >= 0.6 is 0 Å². The van der Waals surface area contributed by atoms with Crippen LogP contribution in [-0.4, -0.2) is 28.0 Å². The van der Waals surface area contributed by atoms with E-state index in [0.717, 1.165) is 16.5 Å². The molecule has 0 aliphatic carbocycles. The standard InChI is InChI=1S/C16H18N2O3/c1-2-3-7-14(16(20)21)18-15(19)9-11-10-17-13-8-5-4-6-12(11)13/h2-6,8,10,14,17H,7,9H2,1H3,(H,18,19)(H,20,21)/b3-2+. The van der Waals surface area contributed by atoms with E-state index < -0.39 is 12.0 Å². The van der Waals surface area contributed by atoms with Gasteiger partial charge >= 0.3 is 5.97 Å². The number of carboxylic acids is 1. The molecule has 1 aromatic carbocycles. The van der Waals surface area contributed by atoms with Crippen LogP contribution in [-0.2, 0) is 16.0 Å². The summed E-state index contributed by atoms with van der Waals surface area (Å²) < 4.78 is 0. The number of carboxylic acid groups (broad SMARTS) is 1. The number of nitrogens with one attached hydrogen (secondary N) is 2. The molecule has 0 radical (unpaired) electrons. The minimum atomic E-state index is -1.03. The summed E-state index contributed by atoms with van der Waals surface area (Å²) in [5, 5.41) is 12.6. The maximum absolute atomic E-state index is 12.0. The first-order chi connectivity index (χ1) is 10.1. The SMILES string of the molecule is C/C=C/CC(NC(=O)Cc1c[nH]c2ccccc12)C(=O)O. The molecule has 0 aliphatic heterocycles. The first-order valence-electron chi connectivity index (χ1n) is 6.80. The van der Waals surface area contributed by atoms with E-state index in [1.807, 2.05) is 31.2 Å². The number of carbonyl (C=O) groups is 2. The van der Waals surface area contributed by atoms with Crippen molar-refractivity contribution in [1.82, 2.24) is 10.3 Å². The molecule has 5 nitrogen and oxygen atoms in total. The Bertz CT molecular complexity index is 673. The van der Waals surface area contributed by atoms with E-state index in [1.54, 1.807) is 18.3 Å².